The van der Waals surface area contributed by atoms with Gasteiger partial charge in [-0.15, -0.1) is 0 Å². The Labute approximate surface area is 130 Å². The molecular formula is C17H26BrNO. The summed E-state index contributed by atoms with van der Waals surface area (Å²) in [7, 11) is 0. The van der Waals surface area contributed by atoms with Crippen LogP contribution in [-0.2, 0) is 0 Å². The maximum atomic E-state index is 10.8. The van der Waals surface area contributed by atoms with E-state index in [-0.39, 0.29) is 12.0 Å². The summed E-state index contributed by atoms with van der Waals surface area (Å²) in [6.45, 7) is 0.513. The lowest BCUT2D eigenvalue weighted by Gasteiger charge is -2.31. The minimum atomic E-state index is -0.306. The summed E-state index contributed by atoms with van der Waals surface area (Å²) in [5.74, 6) is 0.472. The molecule has 3 N–H and O–H groups in total. The average molecular weight is 340 g/mol. The Balaban J connectivity index is 2.06. The van der Waals surface area contributed by atoms with E-state index in [2.05, 4.69) is 28.1 Å². The highest BCUT2D eigenvalue weighted by atomic mass is 79.9. The molecule has 2 rings (SSSR count). The van der Waals surface area contributed by atoms with Gasteiger partial charge in [-0.25, -0.2) is 0 Å². The number of aliphatic hydroxyl groups is 1. The molecule has 0 bridgehead atoms. The summed E-state index contributed by atoms with van der Waals surface area (Å²) in [4.78, 5) is 0. The molecule has 2 unspecified atom stereocenters. The second-order valence-corrected chi connectivity index (χ2v) is 6.91. The van der Waals surface area contributed by atoms with Gasteiger partial charge in [0.1, 0.15) is 0 Å². The van der Waals surface area contributed by atoms with E-state index in [0.717, 1.165) is 22.9 Å². The fourth-order valence-corrected chi connectivity index (χ4v) is 3.60. The summed E-state index contributed by atoms with van der Waals surface area (Å²) in [5, 5.41) is 10.8. The van der Waals surface area contributed by atoms with Crippen molar-refractivity contribution in [3.8, 4) is 0 Å². The van der Waals surface area contributed by atoms with E-state index in [4.69, 9.17) is 5.73 Å². The molecule has 1 saturated carbocycles. The molecule has 1 aliphatic rings. The van der Waals surface area contributed by atoms with Crippen LogP contribution in [0.25, 0.3) is 0 Å². The molecule has 0 aliphatic heterocycles. The van der Waals surface area contributed by atoms with E-state index < -0.39 is 0 Å². The highest BCUT2D eigenvalue weighted by Gasteiger charge is 2.28. The fraction of sp³-hybridized carbons (Fsp3) is 0.647. The van der Waals surface area contributed by atoms with Gasteiger partial charge in [0.25, 0.3) is 0 Å². The van der Waals surface area contributed by atoms with Crippen molar-refractivity contribution in [3.05, 3.63) is 34.3 Å². The van der Waals surface area contributed by atoms with E-state index in [1.807, 2.05) is 12.1 Å². The van der Waals surface area contributed by atoms with Crippen molar-refractivity contribution in [1.82, 2.24) is 0 Å². The van der Waals surface area contributed by atoms with E-state index in [1.54, 1.807) is 0 Å². The lowest BCUT2D eigenvalue weighted by Crippen LogP contribution is -2.33. The smallest absolute Gasteiger partial charge is 0.0648 e. The third-order valence-corrected chi connectivity index (χ3v) is 5.13. The predicted octanol–water partition coefficient (Wildman–Crippen LogP) is 4.21. The molecule has 0 radical (unpaired) electrons. The fourth-order valence-electron chi connectivity index (χ4n) is 3.34. The van der Waals surface area contributed by atoms with Gasteiger partial charge in [-0.1, -0.05) is 60.2 Å². The molecule has 3 heteroatoms. The Kier molecular flexibility index (Phi) is 6.53. The third kappa shape index (κ3) is 4.31. The van der Waals surface area contributed by atoms with Crippen molar-refractivity contribution < 1.29 is 5.11 Å². The Morgan fingerprint density at radius 2 is 1.60 bits per heavy atom. The summed E-state index contributed by atoms with van der Waals surface area (Å²) in [6.07, 6.45) is 8.47. The van der Waals surface area contributed by atoms with Gasteiger partial charge in [0.05, 0.1) is 6.10 Å². The highest BCUT2D eigenvalue weighted by molar-refractivity contribution is 9.10. The van der Waals surface area contributed by atoms with E-state index >= 15 is 0 Å². The van der Waals surface area contributed by atoms with Crippen LogP contribution in [0.2, 0.25) is 0 Å². The molecule has 0 amide bonds. The van der Waals surface area contributed by atoms with Crippen LogP contribution >= 0.6 is 15.9 Å². The van der Waals surface area contributed by atoms with Crippen LogP contribution in [-0.4, -0.2) is 17.8 Å². The van der Waals surface area contributed by atoms with Gasteiger partial charge in [-0.05, 0) is 36.5 Å². The molecule has 2 nitrogen and oxygen atoms in total. The van der Waals surface area contributed by atoms with Crippen LogP contribution in [0.15, 0.2) is 28.7 Å². The van der Waals surface area contributed by atoms with Gasteiger partial charge in [0.2, 0.25) is 0 Å². The van der Waals surface area contributed by atoms with Crippen LogP contribution in [0.3, 0.4) is 0 Å². The number of rotatable bonds is 4. The van der Waals surface area contributed by atoms with Crippen molar-refractivity contribution in [2.45, 2.75) is 57.0 Å². The number of halogens is 1. The van der Waals surface area contributed by atoms with Crippen molar-refractivity contribution in [1.29, 1.82) is 0 Å². The Morgan fingerprint density at radius 1 is 1.05 bits per heavy atom. The van der Waals surface area contributed by atoms with Crippen LogP contribution < -0.4 is 5.73 Å². The zero-order valence-corrected chi connectivity index (χ0v) is 13.7. The number of benzene rings is 1. The molecule has 0 saturated heterocycles. The molecule has 1 aliphatic carbocycles. The topological polar surface area (TPSA) is 46.2 Å². The Hall–Kier alpha value is -0.380. The van der Waals surface area contributed by atoms with Gasteiger partial charge >= 0.3 is 0 Å². The maximum Gasteiger partial charge on any atom is 0.0648 e. The van der Waals surface area contributed by atoms with Gasteiger partial charge in [0.15, 0.2) is 0 Å². The van der Waals surface area contributed by atoms with Crippen molar-refractivity contribution in [3.63, 3.8) is 0 Å². The number of nitrogens with two attached hydrogens (primary N) is 1. The maximum absolute atomic E-state index is 10.8. The standard InChI is InChI=1S/C17H26BrNO/c18-15-10-8-13(9-11-15)16(12-19)17(20)14-6-4-2-1-3-5-7-14/h8-11,14,16-17,20H,1-7,12,19H2. The molecule has 0 heterocycles. The summed E-state index contributed by atoms with van der Waals surface area (Å²) in [5.41, 5.74) is 7.11. The molecule has 20 heavy (non-hydrogen) atoms. The zero-order chi connectivity index (χ0) is 14.4. The van der Waals surface area contributed by atoms with Crippen LogP contribution in [0, 0.1) is 5.92 Å². The highest BCUT2D eigenvalue weighted by Crippen LogP contribution is 2.32. The number of hydrogen-bond acceptors (Lipinski definition) is 2. The van der Waals surface area contributed by atoms with E-state index in [9.17, 15) is 5.11 Å². The molecule has 1 aromatic rings. The molecule has 0 aromatic heterocycles. The Bertz CT molecular complexity index is 384. The van der Waals surface area contributed by atoms with Gasteiger partial charge in [0, 0.05) is 16.9 Å². The van der Waals surface area contributed by atoms with E-state index in [0.29, 0.717) is 12.5 Å². The number of aliphatic hydroxyl groups excluding tert-OH is 1. The normalized spacial score (nSPS) is 20.9. The predicted molar refractivity (Wildman–Crippen MR) is 87.8 cm³/mol. The first-order valence-electron chi connectivity index (χ1n) is 7.86. The first kappa shape index (κ1) is 16.0. The first-order chi connectivity index (χ1) is 9.72. The summed E-state index contributed by atoms with van der Waals surface area (Å²) < 4.78 is 1.07. The minimum Gasteiger partial charge on any atom is -0.392 e. The van der Waals surface area contributed by atoms with Crippen molar-refractivity contribution in [2.75, 3.05) is 6.54 Å². The molecule has 0 spiro atoms. The molecule has 2 atom stereocenters. The minimum absolute atomic E-state index is 0.0625. The largest absolute Gasteiger partial charge is 0.392 e. The molecule has 112 valence electrons. The lowest BCUT2D eigenvalue weighted by atomic mass is 9.79. The SMILES string of the molecule is NCC(c1ccc(Br)cc1)C(O)C1CCCCCCC1. The molecule has 1 aromatic carbocycles. The number of hydrogen-bond donors (Lipinski definition) is 2. The monoisotopic (exact) mass is 339 g/mol. The summed E-state index contributed by atoms with van der Waals surface area (Å²) in [6, 6.07) is 8.22. The average Bonchev–Trinajstić information content (AvgIpc) is 2.41. The van der Waals surface area contributed by atoms with Crippen LogP contribution in [0.4, 0.5) is 0 Å². The Morgan fingerprint density at radius 3 is 2.15 bits per heavy atom. The van der Waals surface area contributed by atoms with Gasteiger partial charge in [-0.3, -0.25) is 0 Å². The zero-order valence-electron chi connectivity index (χ0n) is 12.1. The first-order valence-corrected chi connectivity index (χ1v) is 8.65. The van der Waals surface area contributed by atoms with Crippen molar-refractivity contribution in [2.24, 2.45) is 11.7 Å². The van der Waals surface area contributed by atoms with E-state index in [1.165, 1.54) is 32.1 Å². The lowest BCUT2D eigenvalue weighted by molar-refractivity contribution is 0.0679. The second kappa shape index (κ2) is 8.16. The van der Waals surface area contributed by atoms with Gasteiger partial charge < -0.3 is 10.8 Å². The van der Waals surface area contributed by atoms with Crippen molar-refractivity contribution >= 4 is 15.9 Å². The summed E-state index contributed by atoms with van der Waals surface area (Å²) >= 11 is 3.46. The molecular weight excluding hydrogens is 314 g/mol. The third-order valence-electron chi connectivity index (χ3n) is 4.60. The second-order valence-electron chi connectivity index (χ2n) is 5.99. The van der Waals surface area contributed by atoms with Crippen LogP contribution in [0.1, 0.15) is 56.4 Å². The van der Waals surface area contributed by atoms with Crippen LogP contribution in [0.5, 0.6) is 0 Å². The quantitative estimate of drug-likeness (QED) is 0.862. The van der Waals surface area contributed by atoms with Gasteiger partial charge in [-0.2, -0.15) is 0 Å². The molecule has 1 fully saturated rings.